The van der Waals surface area contributed by atoms with Crippen molar-refractivity contribution in [3.8, 4) is 0 Å². The number of aromatic nitrogens is 1. The summed E-state index contributed by atoms with van der Waals surface area (Å²) in [5.41, 5.74) is 2.22. The summed E-state index contributed by atoms with van der Waals surface area (Å²) >= 11 is 0. The van der Waals surface area contributed by atoms with Crippen LogP contribution in [-0.2, 0) is 11.3 Å². The van der Waals surface area contributed by atoms with Crippen LogP contribution in [0.4, 0.5) is 0 Å². The molecule has 1 aromatic heterocycles. The molecule has 0 saturated heterocycles. The number of carbonyl (C=O) groups excluding carboxylic acids is 1. The van der Waals surface area contributed by atoms with E-state index in [1.807, 2.05) is 12.1 Å². The zero-order valence-electron chi connectivity index (χ0n) is 12.7. The first-order valence-corrected chi connectivity index (χ1v) is 7.46. The molecule has 0 bridgehead atoms. The van der Waals surface area contributed by atoms with E-state index in [9.17, 15) is 4.79 Å². The third kappa shape index (κ3) is 5.16. The second kappa shape index (κ2) is 7.74. The first-order chi connectivity index (χ1) is 10.1. The van der Waals surface area contributed by atoms with Gasteiger partial charge in [-0.05, 0) is 29.7 Å². The monoisotopic (exact) mass is 285 g/mol. The van der Waals surface area contributed by atoms with Gasteiger partial charge in [-0.15, -0.1) is 0 Å². The molecule has 1 amide bonds. The van der Waals surface area contributed by atoms with Gasteiger partial charge in [0.2, 0.25) is 5.91 Å². The van der Waals surface area contributed by atoms with Crippen LogP contribution in [0.1, 0.15) is 25.8 Å². The molecule has 21 heavy (non-hydrogen) atoms. The van der Waals surface area contributed by atoms with Crippen molar-refractivity contribution in [2.75, 3.05) is 13.1 Å². The molecule has 1 heterocycles. The van der Waals surface area contributed by atoms with Gasteiger partial charge in [-0.3, -0.25) is 9.78 Å². The van der Waals surface area contributed by atoms with Crippen molar-refractivity contribution in [2.24, 2.45) is 5.92 Å². The molecule has 4 nitrogen and oxygen atoms in total. The van der Waals surface area contributed by atoms with E-state index in [1.165, 1.54) is 5.56 Å². The summed E-state index contributed by atoms with van der Waals surface area (Å²) in [6.07, 6.45) is 2.32. The number of amides is 1. The summed E-state index contributed by atoms with van der Waals surface area (Å²) in [4.78, 5) is 15.9. The topological polar surface area (TPSA) is 54.0 Å². The summed E-state index contributed by atoms with van der Waals surface area (Å²) in [6.45, 7) is 6.38. The fourth-order valence-corrected chi connectivity index (χ4v) is 2.08. The molecule has 2 aromatic rings. The lowest BCUT2D eigenvalue weighted by molar-refractivity contribution is -0.121. The molecule has 1 aromatic carbocycles. The van der Waals surface area contributed by atoms with E-state index in [1.54, 1.807) is 6.20 Å². The summed E-state index contributed by atoms with van der Waals surface area (Å²) in [5, 5.41) is 7.37. The van der Waals surface area contributed by atoms with Crippen LogP contribution < -0.4 is 10.6 Å². The number of nitrogens with zero attached hydrogens (tertiary/aromatic N) is 1. The van der Waals surface area contributed by atoms with Gasteiger partial charge < -0.3 is 10.6 Å². The first-order valence-electron chi connectivity index (χ1n) is 7.46. The Morgan fingerprint density at radius 1 is 1.29 bits per heavy atom. The Balaban J connectivity index is 1.73. The van der Waals surface area contributed by atoms with Crippen molar-refractivity contribution in [1.82, 2.24) is 15.6 Å². The smallest absolute Gasteiger partial charge is 0.221 e. The molecule has 112 valence electrons. The summed E-state index contributed by atoms with van der Waals surface area (Å²) in [7, 11) is 0. The summed E-state index contributed by atoms with van der Waals surface area (Å²) < 4.78 is 0. The Hall–Kier alpha value is -1.94. The van der Waals surface area contributed by atoms with Crippen molar-refractivity contribution in [1.29, 1.82) is 0 Å². The van der Waals surface area contributed by atoms with Gasteiger partial charge in [0.05, 0.1) is 5.52 Å². The zero-order chi connectivity index (χ0) is 15.1. The molecule has 4 heteroatoms. The molecule has 2 rings (SSSR count). The van der Waals surface area contributed by atoms with Gasteiger partial charge in [-0.2, -0.15) is 0 Å². The van der Waals surface area contributed by atoms with Gasteiger partial charge in [0.25, 0.3) is 0 Å². The van der Waals surface area contributed by atoms with E-state index in [2.05, 4.69) is 47.7 Å². The van der Waals surface area contributed by atoms with E-state index in [-0.39, 0.29) is 5.91 Å². The van der Waals surface area contributed by atoms with Crippen LogP contribution in [0.2, 0.25) is 0 Å². The van der Waals surface area contributed by atoms with Gasteiger partial charge >= 0.3 is 0 Å². The van der Waals surface area contributed by atoms with Crippen molar-refractivity contribution in [2.45, 2.75) is 26.8 Å². The molecular weight excluding hydrogens is 262 g/mol. The SMILES string of the molecule is CC(C)CNC(=O)CCNCc1ccc2ncccc2c1. The molecule has 0 saturated carbocycles. The zero-order valence-corrected chi connectivity index (χ0v) is 12.7. The number of nitrogens with one attached hydrogen (secondary N) is 2. The van der Waals surface area contributed by atoms with Gasteiger partial charge in [-0.1, -0.05) is 26.0 Å². The van der Waals surface area contributed by atoms with E-state index in [0.29, 0.717) is 18.9 Å². The predicted octanol–water partition coefficient (Wildman–Crippen LogP) is 2.49. The van der Waals surface area contributed by atoms with Crippen LogP contribution in [0.3, 0.4) is 0 Å². The number of hydrogen-bond acceptors (Lipinski definition) is 3. The molecular formula is C17H23N3O. The van der Waals surface area contributed by atoms with Crippen molar-refractivity contribution in [3.05, 3.63) is 42.1 Å². The second-order valence-electron chi connectivity index (χ2n) is 5.66. The van der Waals surface area contributed by atoms with Crippen LogP contribution in [0.5, 0.6) is 0 Å². The number of fused-ring (bicyclic) bond motifs is 1. The predicted molar refractivity (Wildman–Crippen MR) is 85.9 cm³/mol. The fraction of sp³-hybridized carbons (Fsp3) is 0.412. The largest absolute Gasteiger partial charge is 0.356 e. The van der Waals surface area contributed by atoms with Crippen molar-refractivity contribution >= 4 is 16.8 Å². The molecule has 0 atom stereocenters. The first kappa shape index (κ1) is 15.4. The maximum absolute atomic E-state index is 11.6. The Morgan fingerprint density at radius 3 is 2.95 bits per heavy atom. The second-order valence-corrected chi connectivity index (χ2v) is 5.66. The van der Waals surface area contributed by atoms with Crippen LogP contribution in [0, 0.1) is 5.92 Å². The number of pyridine rings is 1. The van der Waals surface area contributed by atoms with Crippen LogP contribution >= 0.6 is 0 Å². The average Bonchev–Trinajstić information content (AvgIpc) is 2.49. The van der Waals surface area contributed by atoms with Crippen molar-refractivity contribution in [3.63, 3.8) is 0 Å². The lowest BCUT2D eigenvalue weighted by Gasteiger charge is -2.08. The number of carbonyl (C=O) groups is 1. The molecule has 0 radical (unpaired) electrons. The maximum atomic E-state index is 11.6. The summed E-state index contributed by atoms with van der Waals surface area (Å²) in [5.74, 6) is 0.604. The van der Waals surface area contributed by atoms with E-state index in [4.69, 9.17) is 0 Å². The van der Waals surface area contributed by atoms with Crippen LogP contribution in [0.15, 0.2) is 36.5 Å². The standard InChI is InChI=1S/C17H23N3O/c1-13(2)11-20-17(21)7-9-18-12-14-5-6-16-15(10-14)4-3-8-19-16/h3-6,8,10,13,18H,7,9,11-12H2,1-2H3,(H,20,21). The van der Waals surface area contributed by atoms with Gasteiger partial charge in [-0.25, -0.2) is 0 Å². The van der Waals surface area contributed by atoms with Crippen LogP contribution in [0.25, 0.3) is 10.9 Å². The molecule has 0 aliphatic rings. The van der Waals surface area contributed by atoms with Gasteiger partial charge in [0.15, 0.2) is 0 Å². The minimum Gasteiger partial charge on any atom is -0.356 e. The van der Waals surface area contributed by atoms with Crippen LogP contribution in [-0.4, -0.2) is 24.0 Å². The minimum atomic E-state index is 0.110. The lowest BCUT2D eigenvalue weighted by atomic mass is 10.1. The Bertz CT molecular complexity index is 595. The molecule has 0 unspecified atom stereocenters. The number of hydrogen-bond donors (Lipinski definition) is 2. The Kier molecular flexibility index (Phi) is 5.69. The third-order valence-electron chi connectivity index (χ3n) is 3.23. The number of rotatable bonds is 7. The molecule has 2 N–H and O–H groups in total. The van der Waals surface area contributed by atoms with E-state index >= 15 is 0 Å². The third-order valence-corrected chi connectivity index (χ3v) is 3.23. The Labute approximate surface area is 126 Å². The molecule has 0 fully saturated rings. The lowest BCUT2D eigenvalue weighted by Crippen LogP contribution is -2.30. The molecule has 0 aliphatic heterocycles. The highest BCUT2D eigenvalue weighted by atomic mass is 16.1. The average molecular weight is 285 g/mol. The van der Waals surface area contributed by atoms with Gasteiger partial charge in [0, 0.05) is 37.6 Å². The minimum absolute atomic E-state index is 0.110. The van der Waals surface area contributed by atoms with E-state index in [0.717, 1.165) is 24.0 Å². The fourth-order valence-electron chi connectivity index (χ4n) is 2.08. The Morgan fingerprint density at radius 2 is 2.14 bits per heavy atom. The maximum Gasteiger partial charge on any atom is 0.221 e. The normalized spacial score (nSPS) is 11.0. The van der Waals surface area contributed by atoms with E-state index < -0.39 is 0 Å². The van der Waals surface area contributed by atoms with Gasteiger partial charge in [0.1, 0.15) is 0 Å². The van der Waals surface area contributed by atoms with Crippen molar-refractivity contribution < 1.29 is 4.79 Å². The molecule has 0 aliphatic carbocycles. The highest BCUT2D eigenvalue weighted by Gasteiger charge is 2.02. The molecule has 0 spiro atoms. The summed E-state index contributed by atoms with van der Waals surface area (Å²) in [6, 6.07) is 10.2. The number of benzene rings is 1. The quantitative estimate of drug-likeness (QED) is 0.768. The highest BCUT2D eigenvalue weighted by molar-refractivity contribution is 5.79. The highest BCUT2D eigenvalue weighted by Crippen LogP contribution is 2.12.